The Labute approximate surface area is 115 Å². The zero-order valence-electron chi connectivity index (χ0n) is 12.1. The van der Waals surface area contributed by atoms with Crippen LogP contribution >= 0.6 is 0 Å². The van der Waals surface area contributed by atoms with Gasteiger partial charge in [-0.1, -0.05) is 13.8 Å². The number of nitrogens with two attached hydrogens (primary N) is 1. The van der Waals surface area contributed by atoms with Crippen LogP contribution in [0.15, 0.2) is 18.2 Å². The van der Waals surface area contributed by atoms with Crippen LogP contribution in [-0.4, -0.2) is 33.4 Å². The highest BCUT2D eigenvalue weighted by molar-refractivity contribution is 5.56. The second kappa shape index (κ2) is 5.70. The van der Waals surface area contributed by atoms with E-state index < -0.39 is 0 Å². The third-order valence-corrected chi connectivity index (χ3v) is 3.45. The molecule has 1 aliphatic rings. The molecule has 1 heterocycles. The molecule has 2 N–H and O–H groups in total. The molecule has 0 atom stereocenters. The number of nitrogens with zero attached hydrogens (tertiary/aromatic N) is 1. The summed E-state index contributed by atoms with van der Waals surface area (Å²) in [6.45, 7) is 7.43. The van der Waals surface area contributed by atoms with E-state index in [4.69, 9.17) is 15.2 Å². The van der Waals surface area contributed by atoms with E-state index in [1.54, 1.807) is 0 Å². The van der Waals surface area contributed by atoms with Gasteiger partial charge in [-0.15, -0.1) is 0 Å². The van der Waals surface area contributed by atoms with Crippen LogP contribution in [0.2, 0.25) is 0 Å². The highest BCUT2D eigenvalue weighted by atomic mass is 16.6. The Morgan fingerprint density at radius 3 is 2.58 bits per heavy atom. The lowest BCUT2D eigenvalue weighted by molar-refractivity contribution is 0.171. The Hall–Kier alpha value is -1.42. The first-order chi connectivity index (χ1) is 9.02. The van der Waals surface area contributed by atoms with E-state index >= 15 is 0 Å². The monoisotopic (exact) mass is 264 g/mol. The van der Waals surface area contributed by atoms with Gasteiger partial charge in [0.15, 0.2) is 11.5 Å². The van der Waals surface area contributed by atoms with Gasteiger partial charge < -0.3 is 20.1 Å². The summed E-state index contributed by atoms with van der Waals surface area (Å²) in [7, 11) is 2.10. The molecular formula is C15H24N2O2. The number of benzene rings is 1. The molecule has 0 amide bonds. The zero-order valence-corrected chi connectivity index (χ0v) is 12.1. The van der Waals surface area contributed by atoms with Gasteiger partial charge in [0, 0.05) is 25.3 Å². The smallest absolute Gasteiger partial charge is 0.163 e. The number of ether oxygens (including phenoxy) is 2. The standard InChI is InChI=1S/C15H24N2O2/c1-15(2,6-7-16)11-17(3)12-4-5-13-14(10-12)19-9-8-18-13/h4-5,10H,6-9,11,16H2,1-3H3. The quantitative estimate of drug-likeness (QED) is 0.886. The highest BCUT2D eigenvalue weighted by Gasteiger charge is 2.20. The van der Waals surface area contributed by atoms with Crippen LogP contribution in [0.5, 0.6) is 11.5 Å². The van der Waals surface area contributed by atoms with E-state index in [0.717, 1.165) is 36.7 Å². The summed E-state index contributed by atoms with van der Waals surface area (Å²) < 4.78 is 11.2. The molecule has 106 valence electrons. The van der Waals surface area contributed by atoms with Gasteiger partial charge in [0.05, 0.1) is 0 Å². The lowest BCUT2D eigenvalue weighted by Gasteiger charge is -2.32. The normalized spacial score (nSPS) is 14.3. The molecular weight excluding hydrogens is 240 g/mol. The summed E-state index contributed by atoms with van der Waals surface area (Å²) in [5, 5.41) is 0. The van der Waals surface area contributed by atoms with Crippen LogP contribution in [0.3, 0.4) is 0 Å². The minimum Gasteiger partial charge on any atom is -0.486 e. The Kier molecular flexibility index (Phi) is 4.20. The molecule has 2 rings (SSSR count). The fraction of sp³-hybridized carbons (Fsp3) is 0.600. The van der Waals surface area contributed by atoms with Gasteiger partial charge in [0.2, 0.25) is 0 Å². The molecule has 0 saturated heterocycles. The third kappa shape index (κ3) is 3.53. The van der Waals surface area contributed by atoms with E-state index in [0.29, 0.717) is 13.2 Å². The molecule has 0 fully saturated rings. The Morgan fingerprint density at radius 2 is 1.89 bits per heavy atom. The van der Waals surface area contributed by atoms with Crippen molar-refractivity contribution >= 4 is 5.69 Å². The van der Waals surface area contributed by atoms with Crippen LogP contribution in [0.25, 0.3) is 0 Å². The van der Waals surface area contributed by atoms with Gasteiger partial charge in [-0.3, -0.25) is 0 Å². The fourth-order valence-electron chi connectivity index (χ4n) is 2.47. The maximum atomic E-state index is 5.67. The maximum Gasteiger partial charge on any atom is 0.163 e. The van der Waals surface area contributed by atoms with E-state index in [-0.39, 0.29) is 5.41 Å². The van der Waals surface area contributed by atoms with E-state index in [2.05, 4.69) is 31.9 Å². The minimum atomic E-state index is 0.205. The molecule has 0 aliphatic carbocycles. The van der Waals surface area contributed by atoms with Crippen molar-refractivity contribution < 1.29 is 9.47 Å². The molecule has 4 heteroatoms. The summed E-state index contributed by atoms with van der Waals surface area (Å²) in [4.78, 5) is 2.24. The summed E-state index contributed by atoms with van der Waals surface area (Å²) in [5.41, 5.74) is 7.02. The van der Waals surface area contributed by atoms with Crippen LogP contribution in [-0.2, 0) is 0 Å². The first kappa shape index (κ1) is 14.0. The average molecular weight is 264 g/mol. The number of rotatable bonds is 5. The molecule has 1 aliphatic heterocycles. The first-order valence-electron chi connectivity index (χ1n) is 6.83. The fourth-order valence-corrected chi connectivity index (χ4v) is 2.47. The van der Waals surface area contributed by atoms with Crippen molar-refractivity contribution in [2.75, 3.05) is 38.3 Å². The van der Waals surface area contributed by atoms with Gasteiger partial charge in [-0.05, 0) is 30.5 Å². The summed E-state index contributed by atoms with van der Waals surface area (Å²) in [6.07, 6.45) is 1.02. The summed E-state index contributed by atoms with van der Waals surface area (Å²) in [6, 6.07) is 6.11. The van der Waals surface area contributed by atoms with Crippen molar-refractivity contribution in [3.05, 3.63) is 18.2 Å². The van der Waals surface area contributed by atoms with Gasteiger partial charge in [-0.2, -0.15) is 0 Å². The van der Waals surface area contributed by atoms with Gasteiger partial charge in [0.25, 0.3) is 0 Å². The Bertz CT molecular complexity index is 432. The molecule has 4 nitrogen and oxygen atoms in total. The van der Waals surface area contributed by atoms with Crippen molar-refractivity contribution in [1.82, 2.24) is 0 Å². The summed E-state index contributed by atoms with van der Waals surface area (Å²) >= 11 is 0. The number of hydrogen-bond acceptors (Lipinski definition) is 4. The van der Waals surface area contributed by atoms with Crippen molar-refractivity contribution in [2.24, 2.45) is 11.1 Å². The highest BCUT2D eigenvalue weighted by Crippen LogP contribution is 2.34. The van der Waals surface area contributed by atoms with Crippen LogP contribution in [0.4, 0.5) is 5.69 Å². The SMILES string of the molecule is CN(CC(C)(C)CCN)c1ccc2c(c1)OCCO2. The predicted octanol–water partition coefficient (Wildman–Crippen LogP) is 2.27. The van der Waals surface area contributed by atoms with Crippen molar-refractivity contribution in [1.29, 1.82) is 0 Å². The molecule has 0 unspecified atom stereocenters. The predicted molar refractivity (Wildman–Crippen MR) is 78.2 cm³/mol. The molecule has 19 heavy (non-hydrogen) atoms. The van der Waals surface area contributed by atoms with Crippen LogP contribution in [0, 0.1) is 5.41 Å². The molecule has 0 radical (unpaired) electrons. The largest absolute Gasteiger partial charge is 0.486 e. The first-order valence-corrected chi connectivity index (χ1v) is 6.83. The molecule has 0 spiro atoms. The molecule has 0 bridgehead atoms. The summed E-state index contributed by atoms with van der Waals surface area (Å²) in [5.74, 6) is 1.68. The second-order valence-corrected chi connectivity index (χ2v) is 5.89. The van der Waals surface area contributed by atoms with Gasteiger partial charge in [0.1, 0.15) is 13.2 Å². The molecule has 1 aromatic carbocycles. The molecule has 0 saturated carbocycles. The minimum absolute atomic E-state index is 0.205. The Balaban J connectivity index is 2.09. The van der Waals surface area contributed by atoms with Gasteiger partial charge >= 0.3 is 0 Å². The van der Waals surface area contributed by atoms with Gasteiger partial charge in [-0.25, -0.2) is 0 Å². The molecule has 0 aromatic heterocycles. The van der Waals surface area contributed by atoms with Crippen molar-refractivity contribution in [2.45, 2.75) is 20.3 Å². The Morgan fingerprint density at radius 1 is 1.21 bits per heavy atom. The lowest BCUT2D eigenvalue weighted by Crippen LogP contribution is -2.33. The van der Waals surface area contributed by atoms with E-state index in [1.165, 1.54) is 0 Å². The molecule has 1 aromatic rings. The number of hydrogen-bond donors (Lipinski definition) is 1. The lowest BCUT2D eigenvalue weighted by atomic mass is 9.88. The topological polar surface area (TPSA) is 47.7 Å². The van der Waals surface area contributed by atoms with E-state index in [1.807, 2.05) is 12.1 Å². The second-order valence-electron chi connectivity index (χ2n) is 5.89. The maximum absolute atomic E-state index is 5.67. The average Bonchev–Trinajstić information content (AvgIpc) is 2.37. The third-order valence-electron chi connectivity index (χ3n) is 3.45. The van der Waals surface area contributed by atoms with Crippen LogP contribution in [0.1, 0.15) is 20.3 Å². The van der Waals surface area contributed by atoms with Crippen molar-refractivity contribution in [3.8, 4) is 11.5 Å². The van der Waals surface area contributed by atoms with E-state index in [9.17, 15) is 0 Å². The van der Waals surface area contributed by atoms with Crippen LogP contribution < -0.4 is 20.1 Å². The zero-order chi connectivity index (χ0) is 13.9. The number of fused-ring (bicyclic) bond motifs is 1. The van der Waals surface area contributed by atoms with Crippen molar-refractivity contribution in [3.63, 3.8) is 0 Å². The number of anilines is 1.